The maximum absolute atomic E-state index is 13.2. The zero-order valence-corrected chi connectivity index (χ0v) is 17.7. The number of rotatable bonds is 5. The second-order valence-corrected chi connectivity index (χ2v) is 9.23. The maximum atomic E-state index is 13.2. The number of para-hydroxylation sites is 1. The zero-order chi connectivity index (χ0) is 20.5. The number of aromatic nitrogens is 3. The Morgan fingerprint density at radius 1 is 1.14 bits per heavy atom. The largest absolute Gasteiger partial charge is 0.347 e. The minimum Gasteiger partial charge on any atom is -0.347 e. The van der Waals surface area contributed by atoms with Crippen LogP contribution in [-0.2, 0) is 6.54 Å². The molecule has 1 aromatic carbocycles. The van der Waals surface area contributed by atoms with Crippen LogP contribution in [0, 0.1) is 5.41 Å². The molecule has 1 amide bonds. The molecule has 0 spiro atoms. The fourth-order valence-corrected chi connectivity index (χ4v) is 3.92. The third kappa shape index (κ3) is 4.58. The number of hydrogen-bond donors (Lipinski definition) is 1. The molecule has 0 saturated heterocycles. The van der Waals surface area contributed by atoms with Crippen LogP contribution >= 0.6 is 0 Å². The molecule has 0 fully saturated rings. The molecule has 5 nitrogen and oxygen atoms in total. The molecule has 2 aromatic heterocycles. The van der Waals surface area contributed by atoms with E-state index in [0.29, 0.717) is 5.56 Å². The van der Waals surface area contributed by atoms with Gasteiger partial charge in [0.15, 0.2) is 0 Å². The molecule has 0 unspecified atom stereocenters. The van der Waals surface area contributed by atoms with E-state index in [9.17, 15) is 4.79 Å². The first-order chi connectivity index (χ1) is 13.1. The highest BCUT2D eigenvalue weighted by Crippen LogP contribution is 2.29. The number of carbonyl (C=O) groups excluding carboxylic acids is 1. The van der Waals surface area contributed by atoms with Gasteiger partial charge in [0.1, 0.15) is 0 Å². The number of pyridine rings is 1. The standard InChI is InChI=1S/C23H30N4O/c1-7-27-14-16(13-24-27)20-12-18(17-10-8-9-11-19(17)25-20)21(28)26-23(5,6)15-22(2,3)4/h8-14H,7,15H2,1-6H3,(H,26,28). The Labute approximate surface area is 167 Å². The van der Waals surface area contributed by atoms with Crippen molar-refractivity contribution < 1.29 is 4.79 Å². The van der Waals surface area contributed by atoms with Crippen LogP contribution in [-0.4, -0.2) is 26.2 Å². The molecule has 0 aliphatic carbocycles. The Kier molecular flexibility index (Phi) is 5.28. The van der Waals surface area contributed by atoms with Crippen LogP contribution in [0.25, 0.3) is 22.2 Å². The van der Waals surface area contributed by atoms with Crippen LogP contribution in [0.5, 0.6) is 0 Å². The summed E-state index contributed by atoms with van der Waals surface area (Å²) in [5.74, 6) is -0.0722. The van der Waals surface area contributed by atoms with E-state index in [4.69, 9.17) is 4.98 Å². The van der Waals surface area contributed by atoms with E-state index in [1.165, 1.54) is 0 Å². The van der Waals surface area contributed by atoms with E-state index in [1.54, 1.807) is 6.20 Å². The Morgan fingerprint density at radius 2 is 1.86 bits per heavy atom. The van der Waals surface area contributed by atoms with Gasteiger partial charge in [-0.25, -0.2) is 4.98 Å². The molecular formula is C23H30N4O. The number of amides is 1. The molecule has 0 aliphatic rings. The lowest BCUT2D eigenvalue weighted by atomic mass is 9.81. The fraction of sp³-hybridized carbons (Fsp3) is 0.435. The summed E-state index contributed by atoms with van der Waals surface area (Å²) in [5, 5.41) is 8.43. The summed E-state index contributed by atoms with van der Waals surface area (Å²) < 4.78 is 1.86. The number of nitrogens with zero attached hydrogens (tertiary/aromatic N) is 3. The minimum absolute atomic E-state index is 0.0722. The monoisotopic (exact) mass is 378 g/mol. The summed E-state index contributed by atoms with van der Waals surface area (Å²) in [6, 6.07) is 9.66. The predicted molar refractivity (Wildman–Crippen MR) is 114 cm³/mol. The molecule has 2 heterocycles. The van der Waals surface area contributed by atoms with E-state index >= 15 is 0 Å². The summed E-state index contributed by atoms with van der Waals surface area (Å²) in [7, 11) is 0. The summed E-state index contributed by atoms with van der Waals surface area (Å²) >= 11 is 0. The fourth-order valence-electron chi connectivity index (χ4n) is 3.92. The minimum atomic E-state index is -0.313. The SMILES string of the molecule is CCn1cc(-c2cc(C(=O)NC(C)(C)CC(C)(C)C)c3ccccc3n2)cn1. The predicted octanol–water partition coefficient (Wildman–Crippen LogP) is 5.06. The van der Waals surface area contributed by atoms with Gasteiger partial charge in [-0.05, 0) is 44.7 Å². The second-order valence-electron chi connectivity index (χ2n) is 9.23. The summed E-state index contributed by atoms with van der Waals surface area (Å²) in [6.07, 6.45) is 4.64. The van der Waals surface area contributed by atoms with Gasteiger partial charge >= 0.3 is 0 Å². The molecule has 0 bridgehead atoms. The van der Waals surface area contributed by atoms with Crippen molar-refractivity contribution in [2.24, 2.45) is 5.41 Å². The number of fused-ring (bicyclic) bond motifs is 1. The van der Waals surface area contributed by atoms with E-state index < -0.39 is 0 Å². The smallest absolute Gasteiger partial charge is 0.252 e. The average Bonchev–Trinajstić information content (AvgIpc) is 3.07. The molecule has 0 saturated carbocycles. The maximum Gasteiger partial charge on any atom is 0.252 e. The number of carbonyl (C=O) groups is 1. The van der Waals surface area contributed by atoms with E-state index in [0.717, 1.165) is 35.1 Å². The van der Waals surface area contributed by atoms with Crippen molar-refractivity contribution in [1.29, 1.82) is 0 Å². The Morgan fingerprint density at radius 3 is 2.50 bits per heavy atom. The van der Waals surface area contributed by atoms with Gasteiger partial charge in [0.05, 0.1) is 23.0 Å². The van der Waals surface area contributed by atoms with Crippen LogP contribution in [0.2, 0.25) is 0 Å². The Bertz CT molecular complexity index is 995. The van der Waals surface area contributed by atoms with Crippen LogP contribution in [0.1, 0.15) is 58.3 Å². The number of aryl methyl sites for hydroxylation is 1. The summed E-state index contributed by atoms with van der Waals surface area (Å²) in [5.41, 5.74) is 2.94. The third-order valence-electron chi connectivity index (χ3n) is 4.64. The van der Waals surface area contributed by atoms with Crippen LogP contribution < -0.4 is 5.32 Å². The van der Waals surface area contributed by atoms with Gasteiger partial charge in [-0.2, -0.15) is 5.10 Å². The van der Waals surface area contributed by atoms with Crippen molar-refractivity contribution in [2.45, 2.75) is 60.0 Å². The normalized spacial score (nSPS) is 12.4. The van der Waals surface area contributed by atoms with E-state index in [1.807, 2.05) is 48.1 Å². The van der Waals surface area contributed by atoms with Crippen LogP contribution in [0.15, 0.2) is 42.7 Å². The highest BCUT2D eigenvalue weighted by Gasteiger charge is 2.28. The van der Waals surface area contributed by atoms with E-state index in [2.05, 4.69) is 45.0 Å². The molecular weight excluding hydrogens is 348 g/mol. The second kappa shape index (κ2) is 7.38. The highest BCUT2D eigenvalue weighted by molar-refractivity contribution is 6.07. The van der Waals surface area contributed by atoms with E-state index in [-0.39, 0.29) is 16.9 Å². The first-order valence-corrected chi connectivity index (χ1v) is 9.83. The van der Waals surface area contributed by atoms with Crippen LogP contribution in [0.4, 0.5) is 0 Å². The van der Waals surface area contributed by atoms with Crippen LogP contribution in [0.3, 0.4) is 0 Å². The number of benzene rings is 1. The van der Waals surface area contributed by atoms with Crippen molar-refractivity contribution in [3.05, 3.63) is 48.3 Å². The van der Waals surface area contributed by atoms with Gasteiger partial charge in [-0.1, -0.05) is 39.0 Å². The zero-order valence-electron chi connectivity index (χ0n) is 17.7. The van der Waals surface area contributed by atoms with Gasteiger partial charge in [-0.15, -0.1) is 0 Å². The number of hydrogen-bond acceptors (Lipinski definition) is 3. The summed E-state index contributed by atoms with van der Waals surface area (Å²) in [6.45, 7) is 13.5. The van der Waals surface area contributed by atoms with Gasteiger partial charge in [0.25, 0.3) is 5.91 Å². The summed E-state index contributed by atoms with van der Waals surface area (Å²) in [4.78, 5) is 18.0. The lowest BCUT2D eigenvalue weighted by molar-refractivity contribution is 0.0893. The molecule has 148 valence electrons. The third-order valence-corrected chi connectivity index (χ3v) is 4.64. The highest BCUT2D eigenvalue weighted by atomic mass is 16.1. The van der Waals surface area contributed by atoms with Crippen molar-refractivity contribution in [2.75, 3.05) is 0 Å². The molecule has 28 heavy (non-hydrogen) atoms. The first kappa shape index (κ1) is 20.1. The Hall–Kier alpha value is -2.69. The Balaban J connectivity index is 2.02. The molecule has 0 radical (unpaired) electrons. The molecule has 3 aromatic rings. The lowest BCUT2D eigenvalue weighted by Crippen LogP contribution is -2.45. The van der Waals surface area contributed by atoms with Gasteiger partial charge < -0.3 is 5.32 Å². The molecule has 1 N–H and O–H groups in total. The molecule has 5 heteroatoms. The van der Waals surface area contributed by atoms with Gasteiger partial charge in [0, 0.05) is 29.2 Å². The van der Waals surface area contributed by atoms with Gasteiger partial charge in [0.2, 0.25) is 0 Å². The molecule has 0 atom stereocenters. The topological polar surface area (TPSA) is 59.8 Å². The quantitative estimate of drug-likeness (QED) is 0.675. The first-order valence-electron chi connectivity index (χ1n) is 9.83. The van der Waals surface area contributed by atoms with Crippen molar-refractivity contribution >= 4 is 16.8 Å². The van der Waals surface area contributed by atoms with Gasteiger partial charge in [-0.3, -0.25) is 9.48 Å². The molecule has 3 rings (SSSR count). The van der Waals surface area contributed by atoms with Crippen molar-refractivity contribution in [3.63, 3.8) is 0 Å². The van der Waals surface area contributed by atoms with Crippen molar-refractivity contribution in [3.8, 4) is 11.3 Å². The average molecular weight is 379 g/mol. The van der Waals surface area contributed by atoms with Crippen molar-refractivity contribution in [1.82, 2.24) is 20.1 Å². The molecule has 0 aliphatic heterocycles. The number of nitrogens with one attached hydrogen (secondary N) is 1. The lowest BCUT2D eigenvalue weighted by Gasteiger charge is -2.33.